The molecule has 13 heavy (non-hydrogen) atoms. The first-order chi connectivity index (χ1) is 6.16. The number of hydrogen-bond donors (Lipinski definition) is 1. The summed E-state index contributed by atoms with van der Waals surface area (Å²) >= 11 is 0. The maximum absolute atomic E-state index is 12.9. The fourth-order valence-corrected chi connectivity index (χ4v) is 0.932. The van der Waals surface area contributed by atoms with Gasteiger partial charge in [-0.1, -0.05) is 11.8 Å². The zero-order valence-corrected chi connectivity index (χ0v) is 7.56. The average molecular weight is 179 g/mol. The van der Waals surface area contributed by atoms with Gasteiger partial charge in [0.05, 0.1) is 0 Å². The minimum absolute atomic E-state index is 0.199. The van der Waals surface area contributed by atoms with Crippen LogP contribution < -0.4 is 0 Å². The Labute approximate surface area is 76.4 Å². The van der Waals surface area contributed by atoms with Gasteiger partial charge >= 0.3 is 0 Å². The Morgan fingerprint density at radius 2 is 2.15 bits per heavy atom. The second-order valence-corrected chi connectivity index (χ2v) is 2.67. The van der Waals surface area contributed by atoms with Crippen molar-refractivity contribution in [2.45, 2.75) is 13.8 Å². The molecule has 0 saturated heterocycles. The molecule has 0 fully saturated rings. The lowest BCUT2D eigenvalue weighted by Crippen LogP contribution is -1.95. The molecule has 2 nitrogen and oxygen atoms in total. The summed E-state index contributed by atoms with van der Waals surface area (Å²) in [6.07, 6.45) is 1.38. The molecule has 0 atom stereocenters. The van der Waals surface area contributed by atoms with Crippen LogP contribution in [0.3, 0.4) is 0 Å². The Hall–Kier alpha value is -1.40. The van der Waals surface area contributed by atoms with Gasteiger partial charge in [0, 0.05) is 17.3 Å². The van der Waals surface area contributed by atoms with Gasteiger partial charge in [-0.2, -0.15) is 4.39 Å². The SMILES string of the molecule is Cc1c(C#CCO)cnc(F)c1C. The van der Waals surface area contributed by atoms with E-state index in [1.807, 2.05) is 0 Å². The summed E-state index contributed by atoms with van der Waals surface area (Å²) < 4.78 is 12.9. The highest BCUT2D eigenvalue weighted by atomic mass is 19.1. The molecule has 0 spiro atoms. The Morgan fingerprint density at radius 3 is 2.77 bits per heavy atom. The van der Waals surface area contributed by atoms with Gasteiger partial charge in [0.25, 0.3) is 0 Å². The average Bonchev–Trinajstić information content (AvgIpc) is 2.13. The predicted octanol–water partition coefficient (Wildman–Crippen LogP) is 1.18. The fraction of sp³-hybridized carbons (Fsp3) is 0.300. The van der Waals surface area contributed by atoms with Crippen LogP contribution in [0.2, 0.25) is 0 Å². The number of pyridine rings is 1. The molecule has 0 aliphatic carbocycles. The standard InChI is InChI=1S/C10H10FNO/c1-7-8(2)10(11)12-6-9(7)4-3-5-13/h6,13H,5H2,1-2H3. The van der Waals surface area contributed by atoms with Gasteiger partial charge in [-0.25, -0.2) is 4.98 Å². The molecule has 0 aromatic carbocycles. The highest BCUT2D eigenvalue weighted by molar-refractivity contribution is 5.42. The van der Waals surface area contributed by atoms with Crippen molar-refractivity contribution < 1.29 is 9.50 Å². The van der Waals surface area contributed by atoms with Gasteiger partial charge in [-0.15, -0.1) is 0 Å². The second kappa shape index (κ2) is 4.01. The minimum Gasteiger partial charge on any atom is -0.384 e. The Balaban J connectivity index is 3.18. The largest absolute Gasteiger partial charge is 0.384 e. The highest BCUT2D eigenvalue weighted by Gasteiger charge is 2.04. The van der Waals surface area contributed by atoms with Gasteiger partial charge in [0.15, 0.2) is 0 Å². The number of aromatic nitrogens is 1. The van der Waals surface area contributed by atoms with Gasteiger partial charge in [-0.3, -0.25) is 0 Å². The first-order valence-electron chi connectivity index (χ1n) is 3.88. The van der Waals surface area contributed by atoms with Crippen molar-refractivity contribution in [2.75, 3.05) is 6.61 Å². The smallest absolute Gasteiger partial charge is 0.216 e. The molecule has 0 aliphatic heterocycles. The van der Waals surface area contributed by atoms with Crippen LogP contribution in [0.1, 0.15) is 16.7 Å². The summed E-state index contributed by atoms with van der Waals surface area (Å²) in [7, 11) is 0. The van der Waals surface area contributed by atoms with Crippen molar-refractivity contribution in [2.24, 2.45) is 0 Å². The Bertz CT molecular complexity index is 376. The highest BCUT2D eigenvalue weighted by Crippen LogP contribution is 2.12. The summed E-state index contributed by atoms with van der Waals surface area (Å²) in [5.74, 6) is 4.73. The Morgan fingerprint density at radius 1 is 1.46 bits per heavy atom. The van der Waals surface area contributed by atoms with E-state index in [2.05, 4.69) is 16.8 Å². The van der Waals surface area contributed by atoms with Gasteiger partial charge < -0.3 is 5.11 Å². The van der Waals surface area contributed by atoms with E-state index in [-0.39, 0.29) is 6.61 Å². The summed E-state index contributed by atoms with van der Waals surface area (Å²) in [4.78, 5) is 3.54. The molecule has 1 heterocycles. The van der Waals surface area contributed by atoms with Crippen molar-refractivity contribution in [3.63, 3.8) is 0 Å². The van der Waals surface area contributed by atoms with E-state index >= 15 is 0 Å². The molecule has 3 heteroatoms. The van der Waals surface area contributed by atoms with E-state index < -0.39 is 5.95 Å². The van der Waals surface area contributed by atoms with Crippen LogP contribution in [0.15, 0.2) is 6.20 Å². The van der Waals surface area contributed by atoms with Crippen molar-refractivity contribution in [3.8, 4) is 11.8 Å². The minimum atomic E-state index is -0.466. The third-order valence-electron chi connectivity index (χ3n) is 1.89. The maximum atomic E-state index is 12.9. The van der Waals surface area contributed by atoms with E-state index in [1.165, 1.54) is 6.20 Å². The topological polar surface area (TPSA) is 33.1 Å². The molecular weight excluding hydrogens is 169 g/mol. The van der Waals surface area contributed by atoms with E-state index in [0.717, 1.165) is 5.56 Å². The van der Waals surface area contributed by atoms with Crippen molar-refractivity contribution in [1.82, 2.24) is 4.98 Å². The molecule has 0 saturated carbocycles. The van der Waals surface area contributed by atoms with Crippen LogP contribution in [0, 0.1) is 31.6 Å². The molecule has 0 bridgehead atoms. The first kappa shape index (κ1) is 9.69. The molecule has 1 rings (SSSR count). The van der Waals surface area contributed by atoms with Crippen LogP contribution >= 0.6 is 0 Å². The van der Waals surface area contributed by atoms with Gasteiger partial charge in [-0.05, 0) is 19.4 Å². The second-order valence-electron chi connectivity index (χ2n) is 2.67. The summed E-state index contributed by atoms with van der Waals surface area (Å²) in [6.45, 7) is 3.24. The van der Waals surface area contributed by atoms with Crippen molar-refractivity contribution >= 4 is 0 Å². The monoisotopic (exact) mass is 179 g/mol. The molecule has 0 aliphatic rings. The van der Waals surface area contributed by atoms with Crippen LogP contribution in [0.4, 0.5) is 4.39 Å². The maximum Gasteiger partial charge on any atom is 0.216 e. The zero-order valence-electron chi connectivity index (χ0n) is 7.56. The first-order valence-corrected chi connectivity index (χ1v) is 3.88. The van der Waals surface area contributed by atoms with Crippen molar-refractivity contribution in [1.29, 1.82) is 0 Å². The molecule has 0 unspecified atom stereocenters. The van der Waals surface area contributed by atoms with E-state index in [4.69, 9.17) is 5.11 Å². The molecule has 0 amide bonds. The molecule has 68 valence electrons. The lowest BCUT2D eigenvalue weighted by atomic mass is 10.1. The predicted molar refractivity (Wildman–Crippen MR) is 47.6 cm³/mol. The third-order valence-corrected chi connectivity index (χ3v) is 1.89. The van der Waals surface area contributed by atoms with Crippen LogP contribution in [0.5, 0.6) is 0 Å². The van der Waals surface area contributed by atoms with Crippen LogP contribution in [-0.2, 0) is 0 Å². The third kappa shape index (κ3) is 2.04. The lowest BCUT2D eigenvalue weighted by Gasteiger charge is -2.02. The molecule has 1 N–H and O–H groups in total. The fourth-order valence-electron chi connectivity index (χ4n) is 0.932. The summed E-state index contributed by atoms with van der Waals surface area (Å²) in [5, 5.41) is 8.47. The van der Waals surface area contributed by atoms with Crippen LogP contribution in [-0.4, -0.2) is 16.7 Å². The van der Waals surface area contributed by atoms with E-state index in [1.54, 1.807) is 13.8 Å². The lowest BCUT2D eigenvalue weighted by molar-refractivity contribution is 0.350. The van der Waals surface area contributed by atoms with Crippen molar-refractivity contribution in [3.05, 3.63) is 28.8 Å². The summed E-state index contributed by atoms with van der Waals surface area (Å²) in [6, 6.07) is 0. The number of rotatable bonds is 0. The number of nitrogens with zero attached hydrogens (tertiary/aromatic N) is 1. The van der Waals surface area contributed by atoms with E-state index in [9.17, 15) is 4.39 Å². The Kier molecular flexibility index (Phi) is 2.99. The van der Waals surface area contributed by atoms with E-state index in [0.29, 0.717) is 11.1 Å². The quantitative estimate of drug-likeness (QED) is 0.479. The number of halogens is 1. The zero-order chi connectivity index (χ0) is 9.84. The number of aliphatic hydroxyl groups excluding tert-OH is 1. The molecule has 0 radical (unpaired) electrons. The molecule has 1 aromatic rings. The van der Waals surface area contributed by atoms with Crippen LogP contribution in [0.25, 0.3) is 0 Å². The van der Waals surface area contributed by atoms with Gasteiger partial charge in [0.2, 0.25) is 5.95 Å². The number of hydrogen-bond acceptors (Lipinski definition) is 2. The van der Waals surface area contributed by atoms with Gasteiger partial charge in [0.1, 0.15) is 6.61 Å². The molecular formula is C10H10FNO. The summed E-state index contributed by atoms with van der Waals surface area (Å²) in [5.41, 5.74) is 1.94. The normalized spacial score (nSPS) is 9.23. The molecule has 1 aromatic heterocycles. The number of aliphatic hydroxyl groups is 1.